The van der Waals surface area contributed by atoms with Crippen molar-refractivity contribution in [2.75, 3.05) is 19.6 Å². The van der Waals surface area contributed by atoms with Crippen LogP contribution in [0.25, 0.3) is 55.6 Å². The van der Waals surface area contributed by atoms with Crippen LogP contribution in [0.2, 0.25) is 0 Å². The van der Waals surface area contributed by atoms with Gasteiger partial charge in [-0.05, 0) is 269 Å². The van der Waals surface area contributed by atoms with Crippen LogP contribution in [-0.2, 0) is 10.8 Å². The van der Waals surface area contributed by atoms with Gasteiger partial charge in [0.25, 0.3) is 0 Å². The van der Waals surface area contributed by atoms with Gasteiger partial charge in [0.05, 0.1) is 0 Å². The lowest BCUT2D eigenvalue weighted by Gasteiger charge is -2.36. The average Bonchev–Trinajstić information content (AvgIpc) is 1.57. The van der Waals surface area contributed by atoms with E-state index in [1.165, 1.54) is 159 Å². The fraction of sp³-hybridized carbons (Fsp3) is 0.167. The van der Waals surface area contributed by atoms with Crippen molar-refractivity contribution < 1.29 is 0 Å². The van der Waals surface area contributed by atoms with Crippen molar-refractivity contribution in [1.82, 2.24) is 0 Å². The van der Waals surface area contributed by atoms with Gasteiger partial charge in [0.15, 0.2) is 0 Å². The Bertz CT molecular complexity index is 5090. The summed E-state index contributed by atoms with van der Waals surface area (Å²) in [5.41, 5.74) is 33.6. The van der Waals surface area contributed by atoms with Crippen molar-refractivity contribution in [3.05, 3.63) is 367 Å². The molecule has 486 valence electrons. The minimum absolute atomic E-state index is 0.124. The van der Waals surface area contributed by atoms with E-state index in [0.717, 1.165) is 71.2 Å². The van der Waals surface area contributed by atoms with E-state index in [1.54, 1.807) is 5.56 Å². The molecule has 4 nitrogen and oxygen atoms in total. The predicted molar refractivity (Wildman–Crippen MR) is 420 cm³/mol. The summed E-state index contributed by atoms with van der Waals surface area (Å²) in [7, 11) is 0. The van der Waals surface area contributed by atoms with Crippen molar-refractivity contribution >= 4 is 51.2 Å². The lowest BCUT2D eigenvalue weighted by molar-refractivity contribution is 0.353. The summed E-state index contributed by atoms with van der Waals surface area (Å²) in [5.74, 6) is 0. The van der Waals surface area contributed by atoms with Gasteiger partial charge >= 0.3 is 0 Å². The van der Waals surface area contributed by atoms with E-state index in [4.69, 9.17) is 0 Å². The van der Waals surface area contributed by atoms with Crippen LogP contribution in [0.5, 0.6) is 0 Å². The van der Waals surface area contributed by atoms with E-state index >= 15 is 0 Å². The van der Waals surface area contributed by atoms with Gasteiger partial charge in [0, 0.05) is 79.1 Å². The van der Waals surface area contributed by atoms with Crippen LogP contribution in [0.1, 0.15) is 112 Å². The highest BCUT2D eigenvalue weighted by atomic mass is 15.2. The summed E-state index contributed by atoms with van der Waals surface area (Å²) < 4.78 is 0. The fourth-order valence-corrected chi connectivity index (χ4v) is 18.0. The first-order valence-corrected chi connectivity index (χ1v) is 36.7. The van der Waals surface area contributed by atoms with Gasteiger partial charge < -0.3 is 19.6 Å². The minimum atomic E-state index is 0.124. The molecule has 6 aliphatic rings. The van der Waals surface area contributed by atoms with Gasteiger partial charge in [-0.2, -0.15) is 0 Å². The molecule has 12 aromatic carbocycles. The second-order valence-corrected chi connectivity index (χ2v) is 28.4. The summed E-state index contributed by atoms with van der Waals surface area (Å²) in [6, 6.07) is 111. The molecule has 2 saturated carbocycles. The lowest BCUT2D eigenvalue weighted by atomic mass is 9.67. The molecular formula is C96H82N4. The molecule has 0 heterocycles. The van der Waals surface area contributed by atoms with Gasteiger partial charge in [-0.15, -0.1) is 0 Å². The number of hydrogen-bond acceptors (Lipinski definition) is 4. The quantitative estimate of drug-likeness (QED) is 0.101. The average molecular weight is 1290 g/mol. The molecule has 2 fully saturated rings. The molecule has 4 heteroatoms. The molecule has 6 aliphatic carbocycles. The predicted octanol–water partition coefficient (Wildman–Crippen LogP) is 26.5. The van der Waals surface area contributed by atoms with Crippen molar-refractivity contribution in [3.8, 4) is 55.6 Å². The van der Waals surface area contributed by atoms with Crippen LogP contribution in [-0.4, -0.2) is 0 Å². The number of para-hydroxylation sites is 3. The Balaban J connectivity index is 0.599. The highest BCUT2D eigenvalue weighted by Gasteiger charge is 2.45. The van der Waals surface area contributed by atoms with Crippen LogP contribution >= 0.6 is 0 Å². The number of allylic oxidation sites excluding steroid dienone is 8. The Morgan fingerprint density at radius 1 is 0.220 bits per heavy atom. The molecule has 2 spiro atoms. The molecule has 0 amide bonds. The second kappa shape index (κ2) is 26.2. The first kappa shape index (κ1) is 61.2. The first-order valence-electron chi connectivity index (χ1n) is 36.7. The molecule has 0 atom stereocenters. The van der Waals surface area contributed by atoms with Crippen LogP contribution in [0.3, 0.4) is 0 Å². The van der Waals surface area contributed by atoms with E-state index in [-0.39, 0.29) is 10.8 Å². The zero-order valence-electron chi connectivity index (χ0n) is 56.9. The highest BCUT2D eigenvalue weighted by molar-refractivity contribution is 5.88. The van der Waals surface area contributed by atoms with Crippen molar-refractivity contribution in [2.45, 2.75) is 101 Å². The maximum absolute atomic E-state index is 2.54. The molecule has 0 aliphatic heterocycles. The standard InChI is InChI=1S/C96H82N4/c1-7-23-75(24-8-1)97(83-53-57-85(58-54-83)99(77-27-11-3-12-28-77)81-49-39-71(40-50-81)73-43-61-89-87-31-15-17-33-91(87)95(93(89)67-73)63-19-5-20-64-95)79-45-35-69(36-46-79)70-37-47-80(48-38-70)98(76-25-9-2-10-26-76)84-55-59-86(60-56-84)100(78-29-13-4-14-30-78)82-51-41-72(42-52-82)74-44-62-90-88-32-16-18-34-92(88)96(94(90)68-74)65-21-6-22-66-96/h1-4,7-13,15-18,23-29,31-55,57-59,61-62,67-68H,5-6,14,19-22,30,56,60,63-66H2. The molecule has 100 heavy (non-hydrogen) atoms. The van der Waals surface area contributed by atoms with E-state index in [1.807, 2.05) is 0 Å². The Kier molecular flexibility index (Phi) is 16.0. The zero-order valence-corrected chi connectivity index (χ0v) is 56.9. The molecule has 0 radical (unpaired) electrons. The number of hydrogen-bond donors (Lipinski definition) is 0. The SMILES string of the molecule is C1=CCCC(N(C2=CC=C(N(c3ccccc3)c3ccc(-c4ccc(N(c5ccccc5)c5ccc(N(c6ccccc6)c6ccc(-c7ccc8c(c7)C7(CCCCC7)c7ccccc7-8)cc6)cc5)cc4)cc3)CC2)c2ccc(-c3ccc4c(c3)C3(CCCCC3)c3ccccc3-4)cc2)=C1. The molecule has 0 N–H and O–H groups in total. The smallest absolute Gasteiger partial charge is 0.0463 e. The fourth-order valence-electron chi connectivity index (χ4n) is 18.0. The van der Waals surface area contributed by atoms with Gasteiger partial charge in [-0.25, -0.2) is 0 Å². The third-order valence-corrected chi connectivity index (χ3v) is 22.8. The number of benzene rings is 12. The maximum Gasteiger partial charge on any atom is 0.0463 e. The normalized spacial score (nSPS) is 15.9. The Morgan fingerprint density at radius 2 is 0.520 bits per heavy atom. The summed E-state index contributed by atoms with van der Waals surface area (Å²) in [4.78, 5) is 9.72. The van der Waals surface area contributed by atoms with E-state index < -0.39 is 0 Å². The monoisotopic (exact) mass is 1290 g/mol. The number of fused-ring (bicyclic) bond motifs is 10. The van der Waals surface area contributed by atoms with Crippen molar-refractivity contribution in [3.63, 3.8) is 0 Å². The number of nitrogens with zero attached hydrogens (tertiary/aromatic N) is 4. The Morgan fingerprint density at radius 3 is 0.910 bits per heavy atom. The molecule has 0 unspecified atom stereocenters. The topological polar surface area (TPSA) is 13.0 Å². The Labute approximate surface area is 590 Å². The maximum atomic E-state index is 2.54. The van der Waals surface area contributed by atoms with Crippen LogP contribution in [0.15, 0.2) is 345 Å². The Hall–Kier alpha value is -11.2. The summed E-state index contributed by atoms with van der Waals surface area (Å²) in [6.45, 7) is 0. The minimum Gasteiger partial charge on any atom is -0.318 e. The van der Waals surface area contributed by atoms with Crippen molar-refractivity contribution in [1.29, 1.82) is 0 Å². The van der Waals surface area contributed by atoms with Gasteiger partial charge in [-0.3, -0.25) is 0 Å². The molecular weight excluding hydrogens is 1210 g/mol. The summed E-state index contributed by atoms with van der Waals surface area (Å²) in [6.07, 6.45) is 28.2. The highest BCUT2D eigenvalue weighted by Crippen LogP contribution is 2.58. The van der Waals surface area contributed by atoms with Crippen LogP contribution in [0.4, 0.5) is 51.2 Å². The van der Waals surface area contributed by atoms with Gasteiger partial charge in [0.2, 0.25) is 0 Å². The van der Waals surface area contributed by atoms with E-state index in [2.05, 4.69) is 347 Å². The first-order chi connectivity index (χ1) is 49.5. The van der Waals surface area contributed by atoms with E-state index in [9.17, 15) is 0 Å². The van der Waals surface area contributed by atoms with Gasteiger partial charge in [0.1, 0.15) is 0 Å². The summed E-state index contributed by atoms with van der Waals surface area (Å²) in [5, 5.41) is 0. The summed E-state index contributed by atoms with van der Waals surface area (Å²) >= 11 is 0. The molecule has 12 aromatic rings. The second-order valence-electron chi connectivity index (χ2n) is 28.4. The largest absolute Gasteiger partial charge is 0.318 e. The third-order valence-electron chi connectivity index (χ3n) is 22.8. The van der Waals surface area contributed by atoms with Crippen LogP contribution < -0.4 is 19.6 Å². The number of anilines is 9. The van der Waals surface area contributed by atoms with Gasteiger partial charge in [-0.1, -0.05) is 227 Å². The third kappa shape index (κ3) is 11.0. The molecule has 0 bridgehead atoms. The van der Waals surface area contributed by atoms with Crippen LogP contribution in [0, 0.1) is 0 Å². The van der Waals surface area contributed by atoms with E-state index in [0.29, 0.717) is 0 Å². The molecule has 0 aromatic heterocycles. The van der Waals surface area contributed by atoms with Crippen molar-refractivity contribution in [2.24, 2.45) is 0 Å². The lowest BCUT2D eigenvalue weighted by Crippen LogP contribution is -2.28. The molecule has 0 saturated heterocycles. The zero-order chi connectivity index (χ0) is 66.4. The number of rotatable bonds is 15. The molecule has 18 rings (SSSR count).